The topological polar surface area (TPSA) is 24.9 Å². The Bertz CT molecular complexity index is 422. The molecule has 2 aliphatic rings. The highest BCUT2D eigenvalue weighted by Gasteiger charge is 2.24. The molecule has 1 saturated heterocycles. The lowest BCUT2D eigenvalue weighted by atomic mass is 10.2. The van der Waals surface area contributed by atoms with Crippen molar-refractivity contribution in [3.63, 3.8) is 0 Å². The van der Waals surface area contributed by atoms with Gasteiger partial charge in [0.15, 0.2) is 11.5 Å². The van der Waals surface area contributed by atoms with Crippen LogP contribution in [0.15, 0.2) is 24.3 Å². The lowest BCUT2D eigenvalue weighted by Crippen LogP contribution is -2.50. The van der Waals surface area contributed by atoms with Crippen molar-refractivity contribution in [2.24, 2.45) is 0 Å². The van der Waals surface area contributed by atoms with Gasteiger partial charge < -0.3 is 14.4 Å². The third-order valence-electron chi connectivity index (χ3n) is 3.94. The van der Waals surface area contributed by atoms with Gasteiger partial charge in [0.05, 0.1) is 0 Å². The van der Waals surface area contributed by atoms with Crippen LogP contribution in [0.5, 0.6) is 11.5 Å². The van der Waals surface area contributed by atoms with Gasteiger partial charge >= 0.3 is 0 Å². The van der Waals surface area contributed by atoms with E-state index in [4.69, 9.17) is 9.47 Å². The first-order valence-corrected chi connectivity index (χ1v) is 7.18. The number of piperazine rings is 1. The first kappa shape index (κ1) is 15.4. The van der Waals surface area contributed by atoms with Crippen LogP contribution in [-0.4, -0.2) is 61.8 Å². The lowest BCUT2D eigenvalue weighted by molar-refractivity contribution is 0.0412. The fourth-order valence-corrected chi connectivity index (χ4v) is 2.73. The normalized spacial score (nSPS) is 23.1. The summed E-state index contributed by atoms with van der Waals surface area (Å²) >= 11 is 0. The van der Waals surface area contributed by atoms with Crippen molar-refractivity contribution < 1.29 is 9.47 Å². The van der Waals surface area contributed by atoms with Crippen LogP contribution in [0.4, 0.5) is 0 Å². The number of halogens is 1. The fourth-order valence-electron chi connectivity index (χ4n) is 2.73. The van der Waals surface area contributed by atoms with E-state index in [0.29, 0.717) is 6.61 Å². The Kier molecular flexibility index (Phi) is 5.52. The van der Waals surface area contributed by atoms with Crippen LogP contribution in [-0.2, 0) is 0 Å². The van der Waals surface area contributed by atoms with E-state index in [2.05, 4.69) is 16.7 Å². The van der Waals surface area contributed by atoms with Gasteiger partial charge in [-0.05, 0) is 18.7 Å². The largest absolute Gasteiger partial charge is 0.486 e. The Balaban J connectivity index is 0.00000147. The predicted molar refractivity (Wildman–Crippen MR) is 82.2 cm³/mol. The molecule has 2 heterocycles. The molecule has 0 N–H and O–H groups in total. The smallest absolute Gasteiger partial charge is 0.161 e. The molecule has 4 nitrogen and oxygen atoms in total. The Morgan fingerprint density at radius 3 is 2.40 bits per heavy atom. The van der Waals surface area contributed by atoms with Gasteiger partial charge in [0.2, 0.25) is 0 Å². The Labute approximate surface area is 127 Å². The van der Waals surface area contributed by atoms with Gasteiger partial charge in [-0.15, -0.1) is 12.4 Å². The Hall–Kier alpha value is -0.970. The molecule has 5 heteroatoms. The third kappa shape index (κ3) is 3.57. The van der Waals surface area contributed by atoms with Crippen molar-refractivity contribution in [2.75, 3.05) is 45.9 Å². The second kappa shape index (κ2) is 7.16. The minimum Gasteiger partial charge on any atom is -0.486 e. The summed E-state index contributed by atoms with van der Waals surface area (Å²) in [6.07, 6.45) is 0.156. The Morgan fingerprint density at radius 1 is 1.05 bits per heavy atom. The average Bonchev–Trinajstić information content (AvgIpc) is 2.48. The van der Waals surface area contributed by atoms with E-state index < -0.39 is 0 Å². The highest BCUT2D eigenvalue weighted by molar-refractivity contribution is 5.85. The number of ether oxygens (including phenoxy) is 2. The van der Waals surface area contributed by atoms with Crippen LogP contribution >= 0.6 is 12.4 Å². The highest BCUT2D eigenvalue weighted by Crippen LogP contribution is 2.31. The number of nitrogens with zero attached hydrogens (tertiary/aromatic N) is 2. The zero-order valence-electron chi connectivity index (χ0n) is 12.0. The van der Waals surface area contributed by atoms with Crippen molar-refractivity contribution in [1.29, 1.82) is 0 Å². The third-order valence-corrected chi connectivity index (χ3v) is 3.94. The number of benzene rings is 1. The maximum absolute atomic E-state index is 6.01. The molecular weight excluding hydrogens is 276 g/mol. The molecule has 0 amide bonds. The van der Waals surface area contributed by atoms with E-state index in [-0.39, 0.29) is 18.5 Å². The van der Waals surface area contributed by atoms with E-state index in [0.717, 1.165) is 37.7 Å². The highest BCUT2D eigenvalue weighted by atomic mass is 35.5. The zero-order chi connectivity index (χ0) is 13.1. The SMILES string of the molecule is CCN1CCN(CC2COc3ccccc3O2)CC1.Cl. The molecule has 3 rings (SSSR count). The second-order valence-electron chi connectivity index (χ2n) is 5.23. The summed E-state index contributed by atoms with van der Waals surface area (Å²) in [4.78, 5) is 4.97. The quantitative estimate of drug-likeness (QED) is 0.851. The van der Waals surface area contributed by atoms with Crippen molar-refractivity contribution in [3.8, 4) is 11.5 Å². The van der Waals surface area contributed by atoms with E-state index >= 15 is 0 Å². The van der Waals surface area contributed by atoms with Crippen LogP contribution in [0.25, 0.3) is 0 Å². The van der Waals surface area contributed by atoms with Crippen LogP contribution in [0.3, 0.4) is 0 Å². The van der Waals surface area contributed by atoms with Crippen LogP contribution in [0.2, 0.25) is 0 Å². The summed E-state index contributed by atoms with van der Waals surface area (Å²) in [5.41, 5.74) is 0. The zero-order valence-corrected chi connectivity index (χ0v) is 12.8. The molecule has 112 valence electrons. The van der Waals surface area contributed by atoms with E-state index in [1.54, 1.807) is 0 Å². The van der Waals surface area contributed by atoms with Crippen LogP contribution < -0.4 is 9.47 Å². The Morgan fingerprint density at radius 2 is 1.70 bits per heavy atom. The summed E-state index contributed by atoms with van der Waals surface area (Å²) in [5, 5.41) is 0. The molecule has 20 heavy (non-hydrogen) atoms. The number of hydrogen-bond donors (Lipinski definition) is 0. The van der Waals surface area contributed by atoms with Crippen LogP contribution in [0, 0.1) is 0 Å². The minimum absolute atomic E-state index is 0. The van der Waals surface area contributed by atoms with Gasteiger partial charge in [-0.3, -0.25) is 4.90 Å². The molecule has 0 radical (unpaired) electrons. The second-order valence-corrected chi connectivity index (χ2v) is 5.23. The van der Waals surface area contributed by atoms with E-state index in [1.807, 2.05) is 24.3 Å². The molecular formula is C15H23ClN2O2. The molecule has 1 aromatic rings. The molecule has 0 aliphatic carbocycles. The van der Waals surface area contributed by atoms with Crippen molar-refractivity contribution in [2.45, 2.75) is 13.0 Å². The molecule has 1 fully saturated rings. The maximum atomic E-state index is 6.01. The predicted octanol–water partition coefficient (Wildman–Crippen LogP) is 1.89. The standard InChI is InChI=1S/C15H22N2O2.ClH/c1-2-16-7-9-17(10-8-16)11-13-12-18-14-5-3-4-6-15(14)19-13;/h3-6,13H,2,7-12H2,1H3;1H. The van der Waals surface area contributed by atoms with Gasteiger partial charge in [-0.2, -0.15) is 0 Å². The summed E-state index contributed by atoms with van der Waals surface area (Å²) in [6, 6.07) is 7.92. The fraction of sp³-hybridized carbons (Fsp3) is 0.600. The van der Waals surface area contributed by atoms with Crippen LogP contribution in [0.1, 0.15) is 6.92 Å². The molecule has 1 aromatic carbocycles. The molecule has 1 atom stereocenters. The number of fused-ring (bicyclic) bond motifs is 1. The number of hydrogen-bond acceptors (Lipinski definition) is 4. The summed E-state index contributed by atoms with van der Waals surface area (Å²) in [7, 11) is 0. The molecule has 2 aliphatic heterocycles. The first-order valence-electron chi connectivity index (χ1n) is 7.18. The summed E-state index contributed by atoms with van der Waals surface area (Å²) < 4.78 is 11.8. The van der Waals surface area contributed by atoms with Crippen molar-refractivity contribution >= 4 is 12.4 Å². The van der Waals surface area contributed by atoms with Gasteiger partial charge in [-0.25, -0.2) is 0 Å². The number of para-hydroxylation sites is 2. The van der Waals surface area contributed by atoms with Crippen molar-refractivity contribution in [3.05, 3.63) is 24.3 Å². The molecule has 0 saturated carbocycles. The van der Waals surface area contributed by atoms with Gasteiger partial charge in [0.1, 0.15) is 12.7 Å². The molecule has 1 unspecified atom stereocenters. The monoisotopic (exact) mass is 298 g/mol. The number of likely N-dealkylation sites (N-methyl/N-ethyl adjacent to an activating group) is 1. The molecule has 0 aromatic heterocycles. The van der Waals surface area contributed by atoms with Crippen molar-refractivity contribution in [1.82, 2.24) is 9.80 Å². The molecule has 0 spiro atoms. The maximum Gasteiger partial charge on any atom is 0.161 e. The summed E-state index contributed by atoms with van der Waals surface area (Å²) in [6.45, 7) is 9.61. The van der Waals surface area contributed by atoms with E-state index in [1.165, 1.54) is 13.1 Å². The van der Waals surface area contributed by atoms with Gasteiger partial charge in [0, 0.05) is 32.7 Å². The van der Waals surface area contributed by atoms with Gasteiger partial charge in [-0.1, -0.05) is 19.1 Å². The minimum atomic E-state index is 0. The van der Waals surface area contributed by atoms with Gasteiger partial charge in [0.25, 0.3) is 0 Å². The first-order chi connectivity index (χ1) is 9.35. The number of rotatable bonds is 3. The molecule has 0 bridgehead atoms. The van der Waals surface area contributed by atoms with E-state index in [9.17, 15) is 0 Å². The summed E-state index contributed by atoms with van der Waals surface area (Å²) in [5.74, 6) is 1.75. The lowest BCUT2D eigenvalue weighted by Gasteiger charge is -2.36. The average molecular weight is 299 g/mol.